The van der Waals surface area contributed by atoms with Crippen molar-refractivity contribution in [3.05, 3.63) is 99.2 Å². The average molecular weight is 529 g/mol. The fourth-order valence-corrected chi connectivity index (χ4v) is 4.58. The number of benzene rings is 3. The molecule has 1 saturated heterocycles. The van der Waals surface area contributed by atoms with E-state index in [9.17, 15) is 14.0 Å². The highest BCUT2D eigenvalue weighted by atomic mass is 35.5. The monoisotopic (exact) mass is 528 g/mol. The minimum absolute atomic E-state index is 0.112. The van der Waals surface area contributed by atoms with Gasteiger partial charge < -0.3 is 9.47 Å². The molecule has 4 rings (SSSR count). The Balaban J connectivity index is 1.52. The largest absolute Gasteiger partial charge is 0.493 e. The first kappa shape index (κ1) is 24.7. The maximum Gasteiger partial charge on any atom is 0.285 e. The Morgan fingerprint density at radius 2 is 1.91 bits per heavy atom. The van der Waals surface area contributed by atoms with E-state index in [-0.39, 0.29) is 21.5 Å². The lowest BCUT2D eigenvalue weighted by Crippen LogP contribution is -2.44. The van der Waals surface area contributed by atoms with Crippen molar-refractivity contribution in [3.8, 4) is 11.5 Å². The van der Waals surface area contributed by atoms with Crippen LogP contribution in [0.3, 0.4) is 0 Å². The van der Waals surface area contributed by atoms with Crippen molar-refractivity contribution in [3.63, 3.8) is 0 Å². The van der Waals surface area contributed by atoms with Gasteiger partial charge in [-0.05, 0) is 60.3 Å². The standard InChI is InChI=1S/C25H18ClFN2O4S2/c1-32-20-11-10-15(12-21(20)33-14-17-18(26)8-5-9-19(17)27)13-22-24(31)29(25(34)35-22)28-23(30)16-6-3-2-4-7-16/h2-13H,14H2,1H3,(H,28,30)/b22-13-. The summed E-state index contributed by atoms with van der Waals surface area (Å²) in [6.45, 7) is -0.112. The van der Waals surface area contributed by atoms with E-state index in [2.05, 4.69) is 5.43 Å². The number of ether oxygens (including phenoxy) is 2. The molecule has 0 saturated carbocycles. The number of thiocarbonyl (C=S) groups is 1. The molecule has 35 heavy (non-hydrogen) atoms. The van der Waals surface area contributed by atoms with Crippen LogP contribution in [-0.2, 0) is 11.4 Å². The SMILES string of the molecule is COc1ccc(/C=C2\SC(=S)N(NC(=O)c3ccccc3)C2=O)cc1OCc1c(F)cccc1Cl. The summed E-state index contributed by atoms with van der Waals surface area (Å²) in [4.78, 5) is 25.7. The maximum atomic E-state index is 14.1. The molecule has 0 aliphatic carbocycles. The van der Waals surface area contributed by atoms with Crippen molar-refractivity contribution >= 4 is 57.8 Å². The van der Waals surface area contributed by atoms with Gasteiger partial charge in [-0.25, -0.2) is 4.39 Å². The number of carbonyl (C=O) groups excluding carboxylic acids is 2. The number of nitrogens with one attached hydrogen (secondary N) is 1. The number of methoxy groups -OCH3 is 1. The smallest absolute Gasteiger partial charge is 0.285 e. The van der Waals surface area contributed by atoms with E-state index >= 15 is 0 Å². The van der Waals surface area contributed by atoms with Crippen LogP contribution in [0, 0.1) is 5.82 Å². The van der Waals surface area contributed by atoms with Gasteiger partial charge in [0.1, 0.15) is 12.4 Å². The third kappa shape index (κ3) is 5.64. The Bertz CT molecular complexity index is 1310. The van der Waals surface area contributed by atoms with Gasteiger partial charge >= 0.3 is 0 Å². The summed E-state index contributed by atoms with van der Waals surface area (Å²) in [7, 11) is 1.48. The zero-order chi connectivity index (χ0) is 24.9. The van der Waals surface area contributed by atoms with Crippen LogP contribution in [0.15, 0.2) is 71.6 Å². The Morgan fingerprint density at radius 1 is 1.14 bits per heavy atom. The summed E-state index contributed by atoms with van der Waals surface area (Å²) in [5, 5.41) is 1.30. The summed E-state index contributed by atoms with van der Waals surface area (Å²) < 4.78 is 25.4. The molecule has 0 bridgehead atoms. The Labute approximate surface area is 215 Å². The second-order valence-corrected chi connectivity index (χ2v) is 9.31. The molecule has 0 aromatic heterocycles. The molecule has 2 amide bonds. The third-order valence-electron chi connectivity index (χ3n) is 4.96. The first-order valence-electron chi connectivity index (χ1n) is 10.2. The topological polar surface area (TPSA) is 67.9 Å². The highest BCUT2D eigenvalue weighted by Crippen LogP contribution is 2.35. The summed E-state index contributed by atoms with van der Waals surface area (Å²) in [6, 6.07) is 18.0. The van der Waals surface area contributed by atoms with E-state index < -0.39 is 17.6 Å². The molecule has 0 atom stereocenters. The fourth-order valence-electron chi connectivity index (χ4n) is 3.19. The van der Waals surface area contributed by atoms with Crippen molar-refractivity contribution in [1.82, 2.24) is 10.4 Å². The molecule has 1 fully saturated rings. The van der Waals surface area contributed by atoms with Gasteiger partial charge in [-0.15, -0.1) is 0 Å². The predicted octanol–water partition coefficient (Wildman–Crippen LogP) is 5.61. The molecule has 1 aliphatic heterocycles. The number of hydrogen-bond donors (Lipinski definition) is 1. The van der Waals surface area contributed by atoms with Gasteiger partial charge in [0.25, 0.3) is 11.8 Å². The lowest BCUT2D eigenvalue weighted by molar-refractivity contribution is -0.123. The molecule has 178 valence electrons. The highest BCUT2D eigenvalue weighted by molar-refractivity contribution is 8.26. The fraction of sp³-hybridized carbons (Fsp3) is 0.0800. The van der Waals surface area contributed by atoms with Gasteiger partial charge in [0, 0.05) is 11.1 Å². The van der Waals surface area contributed by atoms with E-state index in [0.717, 1.165) is 16.8 Å². The first-order chi connectivity index (χ1) is 16.9. The number of carbonyl (C=O) groups is 2. The number of hydrogen-bond acceptors (Lipinski definition) is 6. The lowest BCUT2D eigenvalue weighted by Gasteiger charge is -2.15. The highest BCUT2D eigenvalue weighted by Gasteiger charge is 2.33. The van der Waals surface area contributed by atoms with Crippen LogP contribution < -0.4 is 14.9 Å². The normalized spacial score (nSPS) is 14.4. The molecular weight excluding hydrogens is 511 g/mol. The van der Waals surface area contributed by atoms with Gasteiger partial charge in [-0.1, -0.05) is 53.7 Å². The maximum absolute atomic E-state index is 14.1. The quantitative estimate of drug-likeness (QED) is 0.317. The summed E-state index contributed by atoms with van der Waals surface area (Å²) in [5.74, 6) is -0.615. The van der Waals surface area contributed by atoms with Crippen molar-refractivity contribution < 1.29 is 23.5 Å². The van der Waals surface area contributed by atoms with Crippen LogP contribution in [0.1, 0.15) is 21.5 Å². The van der Waals surface area contributed by atoms with Gasteiger partial charge in [-0.3, -0.25) is 15.0 Å². The minimum Gasteiger partial charge on any atom is -0.493 e. The number of hydrazine groups is 1. The van der Waals surface area contributed by atoms with E-state index in [0.29, 0.717) is 27.5 Å². The van der Waals surface area contributed by atoms with Gasteiger partial charge in [0.2, 0.25) is 0 Å². The molecule has 1 aliphatic rings. The average Bonchev–Trinajstić information content (AvgIpc) is 3.11. The number of halogens is 2. The van der Waals surface area contributed by atoms with E-state index in [1.165, 1.54) is 19.2 Å². The zero-order valence-corrected chi connectivity index (χ0v) is 20.7. The van der Waals surface area contributed by atoms with Crippen molar-refractivity contribution in [1.29, 1.82) is 0 Å². The Kier molecular flexibility index (Phi) is 7.70. The van der Waals surface area contributed by atoms with Crippen molar-refractivity contribution in [2.24, 2.45) is 0 Å². The number of rotatable bonds is 7. The van der Waals surface area contributed by atoms with Gasteiger partial charge in [0.15, 0.2) is 15.8 Å². The molecule has 1 N–H and O–H groups in total. The van der Waals surface area contributed by atoms with E-state index in [4.69, 9.17) is 33.3 Å². The van der Waals surface area contributed by atoms with Crippen LogP contribution in [0.5, 0.6) is 11.5 Å². The number of amides is 2. The van der Waals surface area contributed by atoms with Crippen LogP contribution in [0.4, 0.5) is 4.39 Å². The lowest BCUT2D eigenvalue weighted by atomic mass is 10.1. The Morgan fingerprint density at radius 3 is 2.63 bits per heavy atom. The van der Waals surface area contributed by atoms with E-state index in [1.54, 1.807) is 60.7 Å². The second-order valence-electron chi connectivity index (χ2n) is 7.22. The summed E-state index contributed by atoms with van der Waals surface area (Å²) >= 11 is 12.4. The molecule has 3 aromatic rings. The molecule has 0 radical (unpaired) electrons. The molecule has 6 nitrogen and oxygen atoms in total. The summed E-state index contributed by atoms with van der Waals surface area (Å²) in [6.07, 6.45) is 1.62. The van der Waals surface area contributed by atoms with E-state index in [1.807, 2.05) is 0 Å². The molecule has 0 unspecified atom stereocenters. The minimum atomic E-state index is -0.478. The van der Waals surface area contributed by atoms with Crippen molar-refractivity contribution in [2.45, 2.75) is 6.61 Å². The Hall–Kier alpha value is -3.40. The predicted molar refractivity (Wildman–Crippen MR) is 138 cm³/mol. The first-order valence-corrected chi connectivity index (χ1v) is 11.9. The zero-order valence-electron chi connectivity index (χ0n) is 18.3. The molecule has 1 heterocycles. The van der Waals surface area contributed by atoms with Crippen LogP contribution in [-0.4, -0.2) is 28.3 Å². The van der Waals surface area contributed by atoms with Crippen LogP contribution >= 0.6 is 35.6 Å². The molecule has 10 heteroatoms. The molecule has 0 spiro atoms. The summed E-state index contributed by atoms with van der Waals surface area (Å²) in [5.41, 5.74) is 3.78. The molecular formula is C25H18ClFN2O4S2. The van der Waals surface area contributed by atoms with Crippen LogP contribution in [0.25, 0.3) is 6.08 Å². The molecule has 3 aromatic carbocycles. The van der Waals surface area contributed by atoms with Gasteiger partial charge in [-0.2, -0.15) is 5.01 Å². The number of nitrogens with zero attached hydrogens (tertiary/aromatic N) is 1. The second kappa shape index (κ2) is 10.9. The van der Waals surface area contributed by atoms with Crippen molar-refractivity contribution in [2.75, 3.05) is 7.11 Å². The van der Waals surface area contributed by atoms with Crippen LogP contribution in [0.2, 0.25) is 5.02 Å². The third-order valence-corrected chi connectivity index (χ3v) is 6.62. The van der Waals surface area contributed by atoms with Gasteiger partial charge in [0.05, 0.1) is 17.0 Å². The number of thioether (sulfide) groups is 1.